The Morgan fingerprint density at radius 2 is 1.88 bits per heavy atom. The van der Waals surface area contributed by atoms with Crippen LogP contribution in [-0.4, -0.2) is 38.4 Å². The predicted octanol–water partition coefficient (Wildman–Crippen LogP) is 2.86. The zero-order valence-electron chi connectivity index (χ0n) is 15.5. The number of nitrogens with zero attached hydrogens (tertiary/aromatic N) is 1. The molecular formula is C20H31N3O2. The normalized spacial score (nSPS) is 24.4. The Kier molecular flexibility index (Phi) is 6.21. The van der Waals surface area contributed by atoms with Crippen LogP contribution in [0.1, 0.15) is 37.7 Å². The summed E-state index contributed by atoms with van der Waals surface area (Å²) in [7, 11) is 3.34. The van der Waals surface area contributed by atoms with E-state index >= 15 is 0 Å². The largest absolute Gasteiger partial charge is 0.493 e. The van der Waals surface area contributed by atoms with E-state index < -0.39 is 0 Å². The molecule has 5 nitrogen and oxygen atoms in total. The van der Waals surface area contributed by atoms with Gasteiger partial charge in [0, 0.05) is 24.8 Å². The highest BCUT2D eigenvalue weighted by atomic mass is 16.5. The predicted molar refractivity (Wildman–Crippen MR) is 101 cm³/mol. The summed E-state index contributed by atoms with van der Waals surface area (Å²) in [5.41, 5.74) is 8.65. The third-order valence-electron chi connectivity index (χ3n) is 5.38. The van der Waals surface area contributed by atoms with Gasteiger partial charge in [-0.3, -0.25) is 4.90 Å². The van der Waals surface area contributed by atoms with Crippen molar-refractivity contribution in [2.24, 2.45) is 11.7 Å². The molecule has 1 aromatic carbocycles. The van der Waals surface area contributed by atoms with Crippen LogP contribution in [0.5, 0.6) is 11.5 Å². The Morgan fingerprint density at radius 1 is 1.12 bits per heavy atom. The number of allylic oxidation sites excluding steroid dienone is 1. The molecule has 0 saturated heterocycles. The van der Waals surface area contributed by atoms with Crippen LogP contribution in [0.15, 0.2) is 30.0 Å². The van der Waals surface area contributed by atoms with Crippen LogP contribution < -0.4 is 20.5 Å². The van der Waals surface area contributed by atoms with Gasteiger partial charge in [-0.25, -0.2) is 0 Å². The second kappa shape index (κ2) is 8.59. The zero-order chi connectivity index (χ0) is 17.6. The average Bonchev–Trinajstić information content (AvgIpc) is 2.65. The van der Waals surface area contributed by atoms with E-state index in [1.807, 2.05) is 6.07 Å². The smallest absolute Gasteiger partial charge is 0.161 e. The number of nitrogens with one attached hydrogen (secondary N) is 1. The van der Waals surface area contributed by atoms with Gasteiger partial charge < -0.3 is 20.5 Å². The highest BCUT2D eigenvalue weighted by Gasteiger charge is 2.21. The number of benzene rings is 1. The van der Waals surface area contributed by atoms with Crippen molar-refractivity contribution in [3.05, 3.63) is 35.5 Å². The number of ether oxygens (including phenoxy) is 2. The van der Waals surface area contributed by atoms with Crippen molar-refractivity contribution >= 4 is 0 Å². The minimum absolute atomic E-state index is 0.432. The van der Waals surface area contributed by atoms with Gasteiger partial charge in [0.15, 0.2) is 11.5 Å². The van der Waals surface area contributed by atoms with Crippen LogP contribution >= 0.6 is 0 Å². The molecule has 25 heavy (non-hydrogen) atoms. The van der Waals surface area contributed by atoms with Crippen molar-refractivity contribution in [3.8, 4) is 11.5 Å². The maximum atomic E-state index is 6.01. The molecule has 0 bridgehead atoms. The molecule has 1 saturated carbocycles. The summed E-state index contributed by atoms with van der Waals surface area (Å²) in [6, 6.07) is 6.57. The number of methoxy groups -OCH3 is 2. The molecule has 0 aromatic heterocycles. The third-order valence-corrected chi connectivity index (χ3v) is 5.38. The van der Waals surface area contributed by atoms with Crippen molar-refractivity contribution < 1.29 is 9.47 Å². The van der Waals surface area contributed by atoms with Crippen LogP contribution in [0.25, 0.3) is 0 Å². The lowest BCUT2D eigenvalue weighted by Gasteiger charge is -2.31. The summed E-state index contributed by atoms with van der Waals surface area (Å²) >= 11 is 0. The van der Waals surface area contributed by atoms with E-state index in [1.54, 1.807) is 14.2 Å². The summed E-state index contributed by atoms with van der Waals surface area (Å²) in [6.45, 7) is 2.78. The number of hydrogen-bond acceptors (Lipinski definition) is 5. The van der Waals surface area contributed by atoms with Crippen LogP contribution in [0.2, 0.25) is 0 Å². The number of rotatable bonds is 6. The Hall–Kier alpha value is -1.72. The Labute approximate surface area is 151 Å². The Morgan fingerprint density at radius 3 is 2.52 bits per heavy atom. The lowest BCUT2D eigenvalue weighted by Crippen LogP contribution is -2.38. The highest BCUT2D eigenvalue weighted by molar-refractivity contribution is 5.42. The Bertz CT molecular complexity index is 595. The summed E-state index contributed by atoms with van der Waals surface area (Å²) < 4.78 is 10.7. The molecule has 0 radical (unpaired) electrons. The third kappa shape index (κ3) is 4.89. The number of nitrogens with two attached hydrogens (primary N) is 1. The molecule has 1 fully saturated rings. The first-order chi connectivity index (χ1) is 12.2. The van der Waals surface area contributed by atoms with Gasteiger partial charge in [0.05, 0.1) is 20.9 Å². The monoisotopic (exact) mass is 345 g/mol. The van der Waals surface area contributed by atoms with E-state index in [0.717, 1.165) is 37.2 Å². The second-order valence-corrected chi connectivity index (χ2v) is 7.25. The molecule has 3 N–H and O–H groups in total. The van der Waals surface area contributed by atoms with Gasteiger partial charge >= 0.3 is 0 Å². The van der Waals surface area contributed by atoms with E-state index in [-0.39, 0.29) is 0 Å². The fourth-order valence-corrected chi connectivity index (χ4v) is 3.81. The van der Waals surface area contributed by atoms with Crippen molar-refractivity contribution in [3.63, 3.8) is 0 Å². The summed E-state index contributed by atoms with van der Waals surface area (Å²) in [6.07, 6.45) is 8.44. The fraction of sp³-hybridized carbons (Fsp3) is 0.600. The van der Waals surface area contributed by atoms with Gasteiger partial charge in [-0.2, -0.15) is 0 Å². The van der Waals surface area contributed by atoms with Gasteiger partial charge in [0.25, 0.3) is 0 Å². The molecule has 3 rings (SSSR count). The zero-order valence-corrected chi connectivity index (χ0v) is 15.5. The molecule has 2 aliphatic rings. The molecule has 1 heterocycles. The standard InChI is InChI=1S/C20H31N3O2/c1-24-19-8-5-16(12-20(19)25-2)13-23-10-9-18(22-14-23)11-15-3-6-17(21)7-4-15/h5,8-9,12,15,17,22H,3-4,6-7,10-11,13-14,21H2,1-2H3. The molecule has 0 atom stereocenters. The van der Waals surface area contributed by atoms with Gasteiger partial charge in [0.2, 0.25) is 0 Å². The van der Waals surface area contributed by atoms with Crippen molar-refractivity contribution in [1.29, 1.82) is 0 Å². The van der Waals surface area contributed by atoms with Gasteiger partial charge in [-0.15, -0.1) is 0 Å². The van der Waals surface area contributed by atoms with E-state index in [2.05, 4.69) is 28.4 Å². The second-order valence-electron chi connectivity index (χ2n) is 7.25. The maximum absolute atomic E-state index is 6.01. The van der Waals surface area contributed by atoms with Gasteiger partial charge in [-0.05, 0) is 55.7 Å². The maximum Gasteiger partial charge on any atom is 0.161 e. The SMILES string of the molecule is COc1ccc(CN2CC=C(CC3CCC(N)CC3)NC2)cc1OC. The average molecular weight is 345 g/mol. The summed E-state index contributed by atoms with van der Waals surface area (Å²) in [4.78, 5) is 2.39. The molecule has 138 valence electrons. The van der Waals surface area contributed by atoms with E-state index in [9.17, 15) is 0 Å². The minimum atomic E-state index is 0.432. The molecule has 1 aromatic rings. The molecule has 0 spiro atoms. The highest BCUT2D eigenvalue weighted by Crippen LogP contribution is 2.29. The first-order valence-corrected chi connectivity index (χ1v) is 9.29. The molecule has 5 heteroatoms. The molecule has 0 unspecified atom stereocenters. The quantitative estimate of drug-likeness (QED) is 0.830. The van der Waals surface area contributed by atoms with Crippen molar-refractivity contribution in [2.75, 3.05) is 27.4 Å². The fourth-order valence-electron chi connectivity index (χ4n) is 3.81. The Balaban J connectivity index is 1.51. The topological polar surface area (TPSA) is 59.8 Å². The first-order valence-electron chi connectivity index (χ1n) is 9.29. The van der Waals surface area contributed by atoms with Crippen molar-refractivity contribution in [1.82, 2.24) is 10.2 Å². The molecular weight excluding hydrogens is 314 g/mol. The van der Waals surface area contributed by atoms with E-state index in [4.69, 9.17) is 15.2 Å². The van der Waals surface area contributed by atoms with E-state index in [1.165, 1.54) is 43.4 Å². The lowest BCUT2D eigenvalue weighted by molar-refractivity contribution is 0.253. The van der Waals surface area contributed by atoms with Crippen LogP contribution in [0.4, 0.5) is 0 Å². The van der Waals surface area contributed by atoms with Gasteiger partial charge in [0.1, 0.15) is 0 Å². The minimum Gasteiger partial charge on any atom is -0.493 e. The van der Waals surface area contributed by atoms with Crippen LogP contribution in [0.3, 0.4) is 0 Å². The van der Waals surface area contributed by atoms with Gasteiger partial charge in [-0.1, -0.05) is 12.1 Å². The molecule has 0 amide bonds. The summed E-state index contributed by atoms with van der Waals surface area (Å²) in [5, 5.41) is 3.60. The van der Waals surface area contributed by atoms with Crippen LogP contribution in [-0.2, 0) is 6.54 Å². The summed E-state index contributed by atoms with van der Waals surface area (Å²) in [5.74, 6) is 2.37. The molecule has 1 aliphatic carbocycles. The first kappa shape index (κ1) is 18.1. The van der Waals surface area contributed by atoms with Crippen LogP contribution in [0, 0.1) is 5.92 Å². The van der Waals surface area contributed by atoms with Crippen molar-refractivity contribution in [2.45, 2.75) is 44.7 Å². The number of hydrogen-bond donors (Lipinski definition) is 2. The lowest BCUT2D eigenvalue weighted by atomic mass is 9.83. The molecule has 1 aliphatic heterocycles. The van der Waals surface area contributed by atoms with E-state index in [0.29, 0.717) is 6.04 Å².